The van der Waals surface area contributed by atoms with E-state index in [1.165, 1.54) is 0 Å². The maximum atomic E-state index is 12.0. The van der Waals surface area contributed by atoms with Crippen molar-refractivity contribution >= 4 is 40.0 Å². The fraction of sp³-hybridized carbons (Fsp3) is 0.455. The maximum Gasteiger partial charge on any atom is 0.222 e. The number of rotatable bonds is 3. The van der Waals surface area contributed by atoms with Gasteiger partial charge in [0.2, 0.25) is 5.91 Å². The Morgan fingerprint density at radius 3 is 2.87 bits per heavy atom. The second-order valence-electron chi connectivity index (χ2n) is 8.38. The van der Waals surface area contributed by atoms with Gasteiger partial charge in [-0.1, -0.05) is 11.6 Å². The number of hydrogen-bond donors (Lipinski definition) is 2. The molecule has 31 heavy (non-hydrogen) atoms. The van der Waals surface area contributed by atoms with Crippen LogP contribution in [0.2, 0.25) is 5.15 Å². The summed E-state index contributed by atoms with van der Waals surface area (Å²) in [5.74, 6) is 1.20. The molecular weight excluding hydrogens is 414 g/mol. The number of anilines is 2. The highest BCUT2D eigenvalue weighted by atomic mass is 35.5. The van der Waals surface area contributed by atoms with Crippen molar-refractivity contribution in [1.82, 2.24) is 25.3 Å². The zero-order chi connectivity index (χ0) is 21.5. The number of pyridine rings is 1. The summed E-state index contributed by atoms with van der Waals surface area (Å²) >= 11 is 6.33. The van der Waals surface area contributed by atoms with E-state index in [9.17, 15) is 4.79 Å². The van der Waals surface area contributed by atoms with Gasteiger partial charge in [0.05, 0.1) is 11.4 Å². The molecule has 0 aromatic carbocycles. The molecule has 8 nitrogen and oxygen atoms in total. The summed E-state index contributed by atoms with van der Waals surface area (Å²) in [6.45, 7) is 4.57. The Balaban J connectivity index is 1.46. The molecule has 1 atom stereocenters. The van der Waals surface area contributed by atoms with Crippen molar-refractivity contribution in [2.75, 3.05) is 29.9 Å². The molecule has 0 unspecified atom stereocenters. The van der Waals surface area contributed by atoms with E-state index in [-0.39, 0.29) is 17.9 Å². The van der Waals surface area contributed by atoms with Crippen LogP contribution in [0.3, 0.4) is 0 Å². The third-order valence-corrected chi connectivity index (χ3v) is 6.75. The van der Waals surface area contributed by atoms with Crippen LogP contribution in [0, 0.1) is 5.92 Å². The number of H-pyrrole nitrogens is 1. The van der Waals surface area contributed by atoms with Gasteiger partial charge in [-0.25, -0.2) is 15.0 Å². The first kappa shape index (κ1) is 20.1. The molecule has 2 aliphatic rings. The molecule has 2 N–H and O–H groups in total. The van der Waals surface area contributed by atoms with Gasteiger partial charge in [-0.05, 0) is 31.9 Å². The van der Waals surface area contributed by atoms with Crippen molar-refractivity contribution in [2.24, 2.45) is 5.92 Å². The van der Waals surface area contributed by atoms with Crippen LogP contribution in [0.5, 0.6) is 0 Å². The molecule has 5 heterocycles. The van der Waals surface area contributed by atoms with Crippen molar-refractivity contribution in [3.63, 3.8) is 0 Å². The normalized spacial score (nSPS) is 19.5. The molecule has 0 bridgehead atoms. The van der Waals surface area contributed by atoms with Crippen molar-refractivity contribution in [3.05, 3.63) is 41.1 Å². The molecule has 3 aromatic heterocycles. The lowest BCUT2D eigenvalue weighted by Crippen LogP contribution is -2.43. The first-order valence-electron chi connectivity index (χ1n) is 10.7. The third kappa shape index (κ3) is 3.59. The van der Waals surface area contributed by atoms with E-state index in [4.69, 9.17) is 11.6 Å². The average Bonchev–Trinajstić information content (AvgIpc) is 3.25. The average molecular weight is 440 g/mol. The maximum absolute atomic E-state index is 12.0. The van der Waals surface area contributed by atoms with Crippen LogP contribution in [-0.2, 0) is 17.8 Å². The smallest absolute Gasteiger partial charge is 0.222 e. The van der Waals surface area contributed by atoms with Crippen LogP contribution in [0.1, 0.15) is 31.0 Å². The van der Waals surface area contributed by atoms with Gasteiger partial charge in [-0.3, -0.25) is 4.79 Å². The van der Waals surface area contributed by atoms with Crippen molar-refractivity contribution < 1.29 is 4.79 Å². The highest BCUT2D eigenvalue weighted by molar-refractivity contribution is 6.30. The molecule has 1 amide bonds. The molecule has 9 heteroatoms. The number of carbonyl (C=O) groups excluding carboxylic acids is 1. The van der Waals surface area contributed by atoms with Crippen LogP contribution in [-0.4, -0.2) is 52.0 Å². The quantitative estimate of drug-likeness (QED) is 0.610. The van der Waals surface area contributed by atoms with Gasteiger partial charge in [-0.15, -0.1) is 0 Å². The Morgan fingerprint density at radius 1 is 1.29 bits per heavy atom. The fourth-order valence-electron chi connectivity index (χ4n) is 4.87. The minimum atomic E-state index is 0.0799. The SMILES string of the molecule is CNC(=O)C1CCN(c2ncnc3c2CN(c2cc(Cl)nc4[nH]ccc24)[C@H](C)C3)CC1. The predicted molar refractivity (Wildman–Crippen MR) is 121 cm³/mol. The summed E-state index contributed by atoms with van der Waals surface area (Å²) in [6.07, 6.45) is 6.08. The summed E-state index contributed by atoms with van der Waals surface area (Å²) in [7, 11) is 1.71. The van der Waals surface area contributed by atoms with Gasteiger partial charge in [0.1, 0.15) is 22.9 Å². The Kier molecular flexibility index (Phi) is 5.17. The monoisotopic (exact) mass is 439 g/mol. The molecule has 3 aromatic rings. The molecular formula is C22H26ClN7O. The standard InChI is InChI=1S/C22H26ClN7O/c1-13-9-17-16(11-30(13)18-10-19(23)28-20-15(18)3-6-25-20)21(27-12-26-17)29-7-4-14(5-8-29)22(31)24-2/h3,6,10,12-14H,4-5,7-9,11H2,1-2H3,(H,24,31)(H,25,28)/t13-/m1/s1. The second kappa shape index (κ2) is 8.00. The Hall–Kier alpha value is -2.87. The van der Waals surface area contributed by atoms with E-state index in [0.717, 1.165) is 66.1 Å². The minimum Gasteiger partial charge on any atom is -0.363 e. The zero-order valence-electron chi connectivity index (χ0n) is 17.7. The fourth-order valence-corrected chi connectivity index (χ4v) is 5.06. The van der Waals surface area contributed by atoms with Gasteiger partial charge >= 0.3 is 0 Å². The molecule has 0 radical (unpaired) electrons. The van der Waals surface area contributed by atoms with Crippen LogP contribution in [0.25, 0.3) is 11.0 Å². The van der Waals surface area contributed by atoms with Crippen LogP contribution in [0.15, 0.2) is 24.7 Å². The minimum absolute atomic E-state index is 0.0799. The van der Waals surface area contributed by atoms with E-state index in [1.807, 2.05) is 18.3 Å². The lowest BCUT2D eigenvalue weighted by molar-refractivity contribution is -0.125. The summed E-state index contributed by atoms with van der Waals surface area (Å²) in [5.41, 5.74) is 4.13. The number of piperidine rings is 1. The largest absolute Gasteiger partial charge is 0.363 e. The molecule has 162 valence electrons. The zero-order valence-corrected chi connectivity index (χ0v) is 18.5. The van der Waals surface area contributed by atoms with Crippen LogP contribution >= 0.6 is 11.6 Å². The Morgan fingerprint density at radius 2 is 2.10 bits per heavy atom. The molecule has 0 spiro atoms. The first-order chi connectivity index (χ1) is 15.0. The topological polar surface area (TPSA) is 90.0 Å². The number of aromatic nitrogens is 4. The highest BCUT2D eigenvalue weighted by Gasteiger charge is 2.32. The number of aromatic amines is 1. The Bertz CT molecular complexity index is 1120. The van der Waals surface area contributed by atoms with E-state index >= 15 is 0 Å². The van der Waals surface area contributed by atoms with Crippen molar-refractivity contribution in [1.29, 1.82) is 0 Å². The summed E-state index contributed by atoms with van der Waals surface area (Å²) in [5, 5.41) is 4.31. The first-order valence-corrected chi connectivity index (χ1v) is 11.1. The summed E-state index contributed by atoms with van der Waals surface area (Å²) in [6, 6.07) is 4.26. The number of nitrogens with zero attached hydrogens (tertiary/aromatic N) is 5. The van der Waals surface area contributed by atoms with Gasteiger partial charge in [0.25, 0.3) is 0 Å². The van der Waals surface area contributed by atoms with E-state index < -0.39 is 0 Å². The summed E-state index contributed by atoms with van der Waals surface area (Å²) in [4.78, 5) is 33.5. The van der Waals surface area contributed by atoms with E-state index in [2.05, 4.69) is 42.0 Å². The molecule has 1 saturated heterocycles. The number of fused-ring (bicyclic) bond motifs is 2. The highest BCUT2D eigenvalue weighted by Crippen LogP contribution is 2.37. The second-order valence-corrected chi connectivity index (χ2v) is 8.77. The van der Waals surface area contributed by atoms with Crippen LogP contribution in [0.4, 0.5) is 11.5 Å². The molecule has 1 fully saturated rings. The number of nitrogens with one attached hydrogen (secondary N) is 2. The molecule has 2 aliphatic heterocycles. The summed E-state index contributed by atoms with van der Waals surface area (Å²) < 4.78 is 0. The number of amides is 1. The van der Waals surface area contributed by atoms with E-state index in [1.54, 1.807) is 13.4 Å². The van der Waals surface area contributed by atoms with Crippen LogP contribution < -0.4 is 15.1 Å². The molecule has 0 saturated carbocycles. The van der Waals surface area contributed by atoms with Gasteiger partial charge in [0.15, 0.2) is 0 Å². The van der Waals surface area contributed by atoms with Gasteiger partial charge in [0, 0.05) is 62.2 Å². The van der Waals surface area contributed by atoms with Gasteiger partial charge < -0.3 is 20.1 Å². The lowest BCUT2D eigenvalue weighted by atomic mass is 9.94. The molecule has 5 rings (SSSR count). The number of halogens is 1. The van der Waals surface area contributed by atoms with E-state index in [0.29, 0.717) is 11.7 Å². The van der Waals surface area contributed by atoms with Crippen molar-refractivity contribution in [2.45, 2.75) is 38.8 Å². The number of carbonyl (C=O) groups is 1. The van der Waals surface area contributed by atoms with Crippen molar-refractivity contribution in [3.8, 4) is 0 Å². The third-order valence-electron chi connectivity index (χ3n) is 6.56. The number of hydrogen-bond acceptors (Lipinski definition) is 6. The molecule has 0 aliphatic carbocycles. The Labute approximate surface area is 186 Å². The predicted octanol–water partition coefficient (Wildman–Crippen LogP) is 2.92. The lowest BCUT2D eigenvalue weighted by Gasteiger charge is -2.39. The van der Waals surface area contributed by atoms with Gasteiger partial charge in [-0.2, -0.15) is 0 Å².